The Labute approximate surface area is 378 Å². The number of pyridine rings is 2. The van der Waals surface area contributed by atoms with Crippen molar-refractivity contribution in [3.8, 4) is 54.4 Å². The molecule has 0 saturated carbocycles. The van der Waals surface area contributed by atoms with Crippen molar-refractivity contribution in [1.82, 2.24) is 9.97 Å². The van der Waals surface area contributed by atoms with Crippen LogP contribution in [-0.4, -0.2) is 9.97 Å². The van der Waals surface area contributed by atoms with Crippen molar-refractivity contribution in [1.29, 1.82) is 0 Å². The molecule has 0 aliphatic carbocycles. The van der Waals surface area contributed by atoms with Gasteiger partial charge in [-0.15, -0.1) is 11.3 Å². The number of nitrogens with zero attached hydrogens (tertiary/aromatic N) is 2. The third-order valence-electron chi connectivity index (χ3n) is 9.36. The third kappa shape index (κ3) is 4.96. The summed E-state index contributed by atoms with van der Waals surface area (Å²) in [6, 6.07) is -29.5. The maximum Gasteiger partial charge on any atom is 0.0972 e. The van der Waals surface area contributed by atoms with Gasteiger partial charge in [-0.25, -0.2) is 4.98 Å². The van der Waals surface area contributed by atoms with Crippen molar-refractivity contribution in [2.75, 3.05) is 0 Å². The number of fused-ring (bicyclic) bond motifs is 4. The Bertz CT molecular complexity index is 5330. The number of thiophene rings is 1. The predicted molar refractivity (Wildman–Crippen MR) is 243 cm³/mol. The van der Waals surface area contributed by atoms with Crippen molar-refractivity contribution >= 4 is 76.2 Å². The molecule has 0 saturated heterocycles. The lowest BCUT2D eigenvalue weighted by atomic mass is 9.87. The van der Waals surface area contributed by atoms with Crippen LogP contribution in [0.3, 0.4) is 0 Å². The SMILES string of the molecule is [2H]c1nc2c(c([2H])c1[2H])c([2H])c([2H])c1c([2H])c([2H])c(-c3c([2H])c([2H])c(-c4sc(-c5c([2H])c([2H])c6c([2H])c([2H])c7c([2H])c([2H])c([2H])c8c([2H])c([2H])c5c6c78)c(-c5c([2H])c([2H])c([2H])c([2H])c5[2H])c4-c4c([2H])c([2H])c([2H])c([2H])c4[2H])c4c([2H])c([2H])c([2H])c([2H])c34)nc12. The molecule has 9 aromatic carbocycles. The number of hydrogen-bond donors (Lipinski definition) is 0. The van der Waals surface area contributed by atoms with Crippen LogP contribution in [-0.2, 0) is 0 Å². The van der Waals surface area contributed by atoms with Crippen molar-refractivity contribution in [3.05, 3.63) is 193 Å². The van der Waals surface area contributed by atoms with Crippen LogP contribution >= 0.6 is 11.3 Å². The zero-order chi connectivity index (χ0) is 65.3. The van der Waals surface area contributed by atoms with E-state index in [-0.39, 0.29) is 16.7 Å². The van der Waals surface area contributed by atoms with E-state index in [1.165, 1.54) is 0 Å². The highest BCUT2D eigenvalue weighted by Gasteiger charge is 2.26. The average Bonchev–Trinajstić information content (AvgIpc) is 1.60. The summed E-state index contributed by atoms with van der Waals surface area (Å²) in [7, 11) is 0. The smallest absolute Gasteiger partial charge is 0.0972 e. The maximum atomic E-state index is 10.1. The molecular weight excluding hydrogens is 709 g/mol. The summed E-state index contributed by atoms with van der Waals surface area (Å²) in [5.41, 5.74) is -7.58. The summed E-state index contributed by atoms with van der Waals surface area (Å²) in [6.45, 7) is 0. The minimum absolute atomic E-state index is 0.268. The van der Waals surface area contributed by atoms with Gasteiger partial charge in [-0.2, -0.15) is 0 Å². The van der Waals surface area contributed by atoms with Crippen LogP contribution < -0.4 is 0 Å². The van der Waals surface area contributed by atoms with Crippen molar-refractivity contribution in [2.45, 2.75) is 0 Å². The zero-order valence-electron chi connectivity index (χ0n) is 60.3. The average molecular weight is 773 g/mol. The van der Waals surface area contributed by atoms with E-state index in [2.05, 4.69) is 9.97 Å². The standard InChI is InChI=1S/C54H32N2S/c1-3-11-33(12-4-1)49-50(34-13-5-2-6-14-34)54(45-28-25-37-21-20-35-15-9-16-36-24-27-43(45)48(37)47(35)36)57-53(49)44-30-29-42(40-18-7-8-19-41(40)44)46-31-26-39-23-22-38-17-10-32-55-51(38)52(39)56-46/h1-32H/i1D,2D,3D,4D,5D,6D,7D,8D,9D,10D,11D,12D,13D,14D,15D,16D,17D,18D,19D,20D,21D,22D,23D,24D,25D,26D,27D,28D,29D,30D,31D,32D. The summed E-state index contributed by atoms with van der Waals surface area (Å²) in [5, 5.41) is -5.53. The molecule has 0 atom stereocenters. The van der Waals surface area contributed by atoms with E-state index in [4.69, 9.17) is 23.3 Å². The fourth-order valence-corrected chi connectivity index (χ4v) is 8.29. The largest absolute Gasteiger partial charge is 0.254 e. The van der Waals surface area contributed by atoms with Gasteiger partial charge in [0.1, 0.15) is 0 Å². The molecule has 0 aliphatic rings. The topological polar surface area (TPSA) is 25.8 Å². The van der Waals surface area contributed by atoms with E-state index < -0.39 is 307 Å². The molecular formula is C54H32N2S. The lowest BCUT2D eigenvalue weighted by molar-refractivity contribution is 1.37. The van der Waals surface area contributed by atoms with Crippen LogP contribution in [0.25, 0.3) is 119 Å². The molecule has 0 aliphatic heterocycles. The molecule has 3 aromatic heterocycles. The van der Waals surface area contributed by atoms with Crippen molar-refractivity contribution < 1.29 is 43.9 Å². The minimum atomic E-state index is -1.12. The van der Waals surface area contributed by atoms with Crippen LogP contribution in [0, 0.1) is 0 Å². The van der Waals surface area contributed by atoms with Crippen LogP contribution in [0.1, 0.15) is 43.9 Å². The summed E-state index contributed by atoms with van der Waals surface area (Å²) in [4.78, 5) is 7.23. The molecule has 0 unspecified atom stereocenters. The van der Waals surface area contributed by atoms with Crippen LogP contribution in [0.2, 0.25) is 0 Å². The second-order valence-electron chi connectivity index (χ2n) is 12.4. The van der Waals surface area contributed by atoms with E-state index in [1.807, 2.05) is 0 Å². The van der Waals surface area contributed by atoms with E-state index in [1.54, 1.807) is 0 Å². The zero-order valence-corrected chi connectivity index (χ0v) is 29.1. The van der Waals surface area contributed by atoms with Crippen LogP contribution in [0.4, 0.5) is 0 Å². The first kappa shape index (κ1) is 13.8. The number of benzene rings is 9. The second kappa shape index (κ2) is 12.7. The van der Waals surface area contributed by atoms with Crippen molar-refractivity contribution in [2.24, 2.45) is 0 Å². The van der Waals surface area contributed by atoms with Gasteiger partial charge in [0.2, 0.25) is 0 Å². The fraction of sp³-hybridized carbons (Fsp3) is 0. The molecule has 3 heteroatoms. The first-order chi connectivity index (χ1) is 41.6. The van der Waals surface area contributed by atoms with Gasteiger partial charge in [0, 0.05) is 54.5 Å². The highest BCUT2D eigenvalue weighted by atomic mass is 32.1. The molecule has 57 heavy (non-hydrogen) atoms. The van der Waals surface area contributed by atoms with Crippen molar-refractivity contribution in [3.63, 3.8) is 0 Å². The number of rotatable bonds is 5. The molecule has 264 valence electrons. The molecule has 2 nitrogen and oxygen atoms in total. The normalized spacial score (nSPS) is 19.7. The Balaban J connectivity index is 1.39. The third-order valence-corrected chi connectivity index (χ3v) is 10.6. The molecule has 0 fully saturated rings. The summed E-state index contributed by atoms with van der Waals surface area (Å²) in [6.07, 6.45) is -0.815. The van der Waals surface area contributed by atoms with Gasteiger partial charge in [0.15, 0.2) is 0 Å². The maximum absolute atomic E-state index is 10.1. The molecule has 0 N–H and O–H groups in total. The highest BCUT2D eigenvalue weighted by Crippen LogP contribution is 2.55. The summed E-state index contributed by atoms with van der Waals surface area (Å²) in [5.74, 6) is 0. The Hall–Kier alpha value is -7.20. The summed E-state index contributed by atoms with van der Waals surface area (Å²) < 4.78 is 294. The summed E-state index contributed by atoms with van der Waals surface area (Å²) >= 11 is 0.268. The second-order valence-corrected chi connectivity index (χ2v) is 13.4. The lowest BCUT2D eigenvalue weighted by Gasteiger charge is -2.15. The van der Waals surface area contributed by atoms with Gasteiger partial charge in [-0.1, -0.05) is 175 Å². The molecule has 3 heterocycles. The quantitative estimate of drug-likeness (QED) is 0.163. The van der Waals surface area contributed by atoms with Gasteiger partial charge < -0.3 is 0 Å². The molecule has 0 radical (unpaired) electrons. The molecule has 0 amide bonds. The highest BCUT2D eigenvalue weighted by molar-refractivity contribution is 7.20. The number of hydrogen-bond acceptors (Lipinski definition) is 3. The van der Waals surface area contributed by atoms with E-state index >= 15 is 0 Å². The van der Waals surface area contributed by atoms with E-state index in [9.17, 15) is 20.6 Å². The fourth-order valence-electron chi connectivity index (χ4n) is 6.96. The Morgan fingerprint density at radius 2 is 0.877 bits per heavy atom. The Morgan fingerprint density at radius 3 is 1.60 bits per heavy atom. The Morgan fingerprint density at radius 1 is 0.368 bits per heavy atom. The van der Waals surface area contributed by atoms with E-state index in [0.29, 0.717) is 0 Å². The Kier molecular flexibility index (Phi) is 3.06. The number of aromatic nitrogens is 2. The molecule has 12 rings (SSSR count). The van der Waals surface area contributed by atoms with Crippen LogP contribution in [0.15, 0.2) is 193 Å². The molecule has 12 aromatic rings. The molecule has 0 bridgehead atoms. The van der Waals surface area contributed by atoms with E-state index in [0.717, 1.165) is 0 Å². The first-order valence-electron chi connectivity index (χ1n) is 32.8. The van der Waals surface area contributed by atoms with Crippen LogP contribution in [0.5, 0.6) is 0 Å². The van der Waals surface area contributed by atoms with Gasteiger partial charge in [-0.05, 0) is 66.3 Å². The predicted octanol–water partition coefficient (Wildman–Crippen LogP) is 15.2. The lowest BCUT2D eigenvalue weighted by Crippen LogP contribution is -1.91. The molecule has 0 spiro atoms. The van der Waals surface area contributed by atoms with Gasteiger partial charge in [0.25, 0.3) is 0 Å². The van der Waals surface area contributed by atoms with Gasteiger partial charge >= 0.3 is 0 Å². The minimum Gasteiger partial charge on any atom is -0.254 e. The monoisotopic (exact) mass is 772 g/mol. The first-order valence-corrected chi connectivity index (χ1v) is 17.6. The van der Waals surface area contributed by atoms with Gasteiger partial charge in [0.05, 0.1) is 60.6 Å². The van der Waals surface area contributed by atoms with Gasteiger partial charge in [-0.3, -0.25) is 4.98 Å².